The van der Waals surface area contributed by atoms with E-state index < -0.39 is 0 Å². The van der Waals surface area contributed by atoms with E-state index in [1.807, 2.05) is 4.90 Å². The number of carbonyl (C=O) groups is 1. The fourth-order valence-electron chi connectivity index (χ4n) is 4.21. The number of carbonyl (C=O) groups excluding carboxylic acids is 1. The van der Waals surface area contributed by atoms with Crippen LogP contribution in [0.1, 0.15) is 67.5 Å². The maximum absolute atomic E-state index is 12.9. The SMILES string of the molecule is N#Cc1nc(C(=O)N2CCCN(C3CC3)CC2)ccc1OC1CCCCC1. The fourth-order valence-corrected chi connectivity index (χ4v) is 4.21. The van der Waals surface area contributed by atoms with E-state index in [9.17, 15) is 10.1 Å². The molecule has 2 saturated carbocycles. The molecule has 2 heterocycles. The van der Waals surface area contributed by atoms with Crippen molar-refractivity contribution in [1.82, 2.24) is 14.8 Å². The first-order valence-corrected chi connectivity index (χ1v) is 10.4. The summed E-state index contributed by atoms with van der Waals surface area (Å²) in [6.07, 6.45) is 9.39. The van der Waals surface area contributed by atoms with Crippen LogP contribution in [0.15, 0.2) is 12.1 Å². The zero-order chi connectivity index (χ0) is 18.6. The monoisotopic (exact) mass is 368 g/mol. The molecule has 1 aromatic heterocycles. The van der Waals surface area contributed by atoms with E-state index in [2.05, 4.69) is 16.0 Å². The largest absolute Gasteiger partial charge is 0.487 e. The van der Waals surface area contributed by atoms with E-state index in [0.29, 0.717) is 11.4 Å². The minimum Gasteiger partial charge on any atom is -0.487 e. The number of aromatic nitrogens is 1. The van der Waals surface area contributed by atoms with E-state index in [1.54, 1.807) is 12.1 Å². The lowest BCUT2D eigenvalue weighted by atomic mass is 9.98. The summed E-state index contributed by atoms with van der Waals surface area (Å²) in [6, 6.07) is 6.31. The van der Waals surface area contributed by atoms with Crippen LogP contribution in [0, 0.1) is 11.3 Å². The van der Waals surface area contributed by atoms with Crippen molar-refractivity contribution in [3.63, 3.8) is 0 Å². The molecule has 3 fully saturated rings. The van der Waals surface area contributed by atoms with Gasteiger partial charge in [0.25, 0.3) is 5.91 Å². The highest BCUT2D eigenvalue weighted by Crippen LogP contribution is 2.28. The standard InChI is InChI=1S/C21H28N4O2/c22-15-19-20(27-17-5-2-1-3-6-17)10-9-18(23-19)21(26)25-12-4-11-24(13-14-25)16-7-8-16/h9-10,16-17H,1-8,11-14H2. The Kier molecular flexibility index (Phi) is 5.58. The van der Waals surface area contributed by atoms with Crippen LogP contribution in [0.2, 0.25) is 0 Å². The Labute approximate surface area is 161 Å². The first-order chi connectivity index (χ1) is 13.2. The van der Waals surface area contributed by atoms with Crippen molar-refractivity contribution in [2.45, 2.75) is 63.5 Å². The lowest BCUT2D eigenvalue weighted by Crippen LogP contribution is -2.36. The van der Waals surface area contributed by atoms with E-state index in [-0.39, 0.29) is 17.7 Å². The summed E-state index contributed by atoms with van der Waals surface area (Å²) in [5.41, 5.74) is 0.572. The van der Waals surface area contributed by atoms with Crippen LogP contribution in [0.3, 0.4) is 0 Å². The molecular weight excluding hydrogens is 340 g/mol. The molecule has 0 N–H and O–H groups in total. The summed E-state index contributed by atoms with van der Waals surface area (Å²) < 4.78 is 6.01. The predicted octanol–water partition coefficient (Wildman–Crippen LogP) is 2.98. The van der Waals surface area contributed by atoms with Gasteiger partial charge < -0.3 is 9.64 Å². The van der Waals surface area contributed by atoms with Crippen LogP contribution in [0.4, 0.5) is 0 Å². The molecule has 6 heteroatoms. The summed E-state index contributed by atoms with van der Waals surface area (Å²) in [5, 5.41) is 9.49. The van der Waals surface area contributed by atoms with Gasteiger partial charge in [-0.3, -0.25) is 9.69 Å². The molecule has 0 spiro atoms. The second kappa shape index (κ2) is 8.26. The Hall–Kier alpha value is -2.13. The third-order valence-corrected chi connectivity index (χ3v) is 5.91. The number of nitrogens with zero attached hydrogens (tertiary/aromatic N) is 4. The van der Waals surface area contributed by atoms with Crippen molar-refractivity contribution in [2.75, 3.05) is 26.2 Å². The zero-order valence-corrected chi connectivity index (χ0v) is 15.9. The van der Waals surface area contributed by atoms with E-state index in [1.165, 1.54) is 32.1 Å². The lowest BCUT2D eigenvalue weighted by molar-refractivity contribution is 0.0754. The molecule has 0 aromatic carbocycles. The van der Waals surface area contributed by atoms with Gasteiger partial charge in [0, 0.05) is 32.2 Å². The highest BCUT2D eigenvalue weighted by molar-refractivity contribution is 5.92. The molecule has 0 radical (unpaired) electrons. The molecule has 1 aliphatic heterocycles. The molecule has 6 nitrogen and oxygen atoms in total. The van der Waals surface area contributed by atoms with Gasteiger partial charge in [-0.1, -0.05) is 6.42 Å². The quantitative estimate of drug-likeness (QED) is 0.817. The maximum Gasteiger partial charge on any atom is 0.272 e. The third-order valence-electron chi connectivity index (χ3n) is 5.91. The number of pyridine rings is 1. The Morgan fingerprint density at radius 3 is 2.59 bits per heavy atom. The van der Waals surface area contributed by atoms with E-state index in [4.69, 9.17) is 4.74 Å². The molecule has 1 amide bonds. The topological polar surface area (TPSA) is 69.5 Å². The molecule has 0 unspecified atom stereocenters. The second-order valence-corrected chi connectivity index (χ2v) is 7.95. The molecular formula is C21H28N4O2. The zero-order valence-electron chi connectivity index (χ0n) is 15.9. The fraction of sp³-hybridized carbons (Fsp3) is 0.667. The Balaban J connectivity index is 1.43. The molecule has 1 saturated heterocycles. The number of hydrogen-bond donors (Lipinski definition) is 0. The molecule has 3 aliphatic rings. The summed E-state index contributed by atoms with van der Waals surface area (Å²) >= 11 is 0. The summed E-state index contributed by atoms with van der Waals surface area (Å²) in [5.74, 6) is 0.435. The molecule has 4 rings (SSSR count). The minimum atomic E-state index is -0.0756. The van der Waals surface area contributed by atoms with Gasteiger partial charge in [-0.15, -0.1) is 0 Å². The van der Waals surface area contributed by atoms with Crippen molar-refractivity contribution in [3.05, 3.63) is 23.5 Å². The second-order valence-electron chi connectivity index (χ2n) is 7.95. The van der Waals surface area contributed by atoms with Gasteiger partial charge >= 0.3 is 0 Å². The molecule has 1 aromatic rings. The molecule has 0 bridgehead atoms. The van der Waals surface area contributed by atoms with Gasteiger partial charge in [0.1, 0.15) is 11.8 Å². The van der Waals surface area contributed by atoms with Crippen molar-refractivity contribution in [3.8, 4) is 11.8 Å². The average molecular weight is 368 g/mol. The number of ether oxygens (including phenoxy) is 1. The smallest absolute Gasteiger partial charge is 0.272 e. The van der Waals surface area contributed by atoms with Crippen LogP contribution in [-0.2, 0) is 0 Å². The van der Waals surface area contributed by atoms with Gasteiger partial charge in [0.15, 0.2) is 11.4 Å². The van der Waals surface area contributed by atoms with Crippen LogP contribution in [-0.4, -0.2) is 59.0 Å². The summed E-state index contributed by atoms with van der Waals surface area (Å²) in [7, 11) is 0. The Bertz CT molecular complexity index is 719. The molecule has 2 aliphatic carbocycles. The van der Waals surface area contributed by atoms with Crippen LogP contribution < -0.4 is 4.74 Å². The Morgan fingerprint density at radius 2 is 1.85 bits per heavy atom. The predicted molar refractivity (Wildman–Crippen MR) is 102 cm³/mol. The van der Waals surface area contributed by atoms with Gasteiger partial charge in [0.2, 0.25) is 0 Å². The number of rotatable bonds is 4. The van der Waals surface area contributed by atoms with Crippen LogP contribution >= 0.6 is 0 Å². The van der Waals surface area contributed by atoms with E-state index >= 15 is 0 Å². The van der Waals surface area contributed by atoms with Gasteiger partial charge in [0.05, 0.1) is 6.10 Å². The van der Waals surface area contributed by atoms with Crippen molar-refractivity contribution < 1.29 is 9.53 Å². The summed E-state index contributed by atoms with van der Waals surface area (Å²) in [6.45, 7) is 3.50. The van der Waals surface area contributed by atoms with Crippen molar-refractivity contribution >= 4 is 5.91 Å². The van der Waals surface area contributed by atoms with Crippen molar-refractivity contribution in [1.29, 1.82) is 5.26 Å². The number of amides is 1. The lowest BCUT2D eigenvalue weighted by Gasteiger charge is -2.24. The van der Waals surface area contributed by atoms with Gasteiger partial charge in [-0.25, -0.2) is 4.98 Å². The van der Waals surface area contributed by atoms with Gasteiger partial charge in [-0.05, 0) is 57.1 Å². The molecule has 144 valence electrons. The first-order valence-electron chi connectivity index (χ1n) is 10.4. The van der Waals surface area contributed by atoms with E-state index in [0.717, 1.165) is 51.5 Å². The number of nitriles is 1. The van der Waals surface area contributed by atoms with Gasteiger partial charge in [-0.2, -0.15) is 5.26 Å². The van der Waals surface area contributed by atoms with Crippen LogP contribution in [0.25, 0.3) is 0 Å². The molecule has 0 atom stereocenters. The minimum absolute atomic E-state index is 0.0756. The summed E-state index contributed by atoms with van der Waals surface area (Å²) in [4.78, 5) is 21.6. The highest BCUT2D eigenvalue weighted by atomic mass is 16.5. The van der Waals surface area contributed by atoms with Crippen LogP contribution in [0.5, 0.6) is 5.75 Å². The third kappa shape index (κ3) is 4.41. The Morgan fingerprint density at radius 1 is 1.04 bits per heavy atom. The van der Waals surface area contributed by atoms with Crippen molar-refractivity contribution in [2.24, 2.45) is 0 Å². The molecule has 27 heavy (non-hydrogen) atoms. The maximum atomic E-state index is 12.9. The normalized spacial score (nSPS) is 22.1. The average Bonchev–Trinajstić information content (AvgIpc) is 3.55. The number of hydrogen-bond acceptors (Lipinski definition) is 5. The first kappa shape index (κ1) is 18.2. The highest BCUT2D eigenvalue weighted by Gasteiger charge is 2.31.